The van der Waals surface area contributed by atoms with Gasteiger partial charge in [0.1, 0.15) is 0 Å². The van der Waals surface area contributed by atoms with Crippen molar-refractivity contribution in [3.05, 3.63) is 96.1 Å². The number of pyridine rings is 1. The van der Waals surface area contributed by atoms with Gasteiger partial charge < -0.3 is 5.32 Å². The molecule has 5 nitrogen and oxygen atoms in total. The van der Waals surface area contributed by atoms with Crippen molar-refractivity contribution in [1.82, 2.24) is 10.3 Å². The monoisotopic (exact) mass is 425 g/mol. The Morgan fingerprint density at radius 1 is 0.871 bits per heavy atom. The molecule has 0 aliphatic rings. The number of amides is 1. The zero-order chi connectivity index (χ0) is 21.8. The van der Waals surface area contributed by atoms with Gasteiger partial charge in [0.15, 0.2) is 10.9 Å². The zero-order valence-corrected chi connectivity index (χ0v) is 17.6. The lowest BCUT2D eigenvalue weighted by Gasteiger charge is -2.13. The van der Waals surface area contributed by atoms with Crippen molar-refractivity contribution in [3.8, 4) is 11.3 Å². The van der Waals surface area contributed by atoms with Crippen LogP contribution in [0.4, 0.5) is 5.69 Å². The van der Waals surface area contributed by atoms with Crippen molar-refractivity contribution < 1.29 is 9.59 Å². The van der Waals surface area contributed by atoms with E-state index in [1.165, 1.54) is 6.92 Å². The molecule has 152 valence electrons. The lowest BCUT2D eigenvalue weighted by molar-refractivity contribution is 0.0976. The number of nitrogens with one attached hydrogen (secondary N) is 2. The van der Waals surface area contributed by atoms with Crippen molar-refractivity contribution in [1.29, 1.82) is 0 Å². The first kappa shape index (κ1) is 20.4. The number of carbonyl (C=O) groups is 2. The molecule has 0 saturated carbocycles. The Kier molecular flexibility index (Phi) is 5.82. The molecular weight excluding hydrogens is 406 g/mol. The molecule has 6 heteroatoms. The SMILES string of the molecule is CC(=O)c1ccc2nc(-c3ccccc3)cc(C(=O)NC(=S)Nc3ccccc3)c2c1. The van der Waals surface area contributed by atoms with E-state index in [0.29, 0.717) is 27.7 Å². The largest absolute Gasteiger partial charge is 0.332 e. The van der Waals surface area contributed by atoms with Crippen LogP contribution in [0.25, 0.3) is 22.2 Å². The second-order valence-corrected chi connectivity index (χ2v) is 7.39. The van der Waals surface area contributed by atoms with E-state index in [9.17, 15) is 9.59 Å². The van der Waals surface area contributed by atoms with Gasteiger partial charge in [-0.25, -0.2) is 4.98 Å². The van der Waals surface area contributed by atoms with Crippen LogP contribution in [0.15, 0.2) is 84.9 Å². The highest BCUT2D eigenvalue weighted by molar-refractivity contribution is 7.80. The van der Waals surface area contributed by atoms with E-state index in [4.69, 9.17) is 17.2 Å². The maximum absolute atomic E-state index is 13.2. The van der Waals surface area contributed by atoms with Gasteiger partial charge in [-0.15, -0.1) is 0 Å². The minimum atomic E-state index is -0.376. The summed E-state index contributed by atoms with van der Waals surface area (Å²) in [5.41, 5.74) is 3.86. The predicted molar refractivity (Wildman–Crippen MR) is 127 cm³/mol. The third-order valence-corrected chi connectivity index (χ3v) is 4.99. The van der Waals surface area contributed by atoms with Gasteiger partial charge in [-0.1, -0.05) is 48.5 Å². The summed E-state index contributed by atoms with van der Waals surface area (Å²) in [5, 5.41) is 6.50. The second kappa shape index (κ2) is 8.85. The quantitative estimate of drug-likeness (QED) is 0.346. The number of ketones is 1. The van der Waals surface area contributed by atoms with Crippen LogP contribution in [0.1, 0.15) is 27.6 Å². The number of fused-ring (bicyclic) bond motifs is 1. The number of hydrogen-bond acceptors (Lipinski definition) is 4. The molecule has 4 aromatic rings. The first-order chi connectivity index (χ1) is 15.0. The molecule has 0 radical (unpaired) electrons. The molecule has 0 aliphatic carbocycles. The van der Waals surface area contributed by atoms with Crippen LogP contribution in [-0.2, 0) is 0 Å². The summed E-state index contributed by atoms with van der Waals surface area (Å²) < 4.78 is 0. The van der Waals surface area contributed by atoms with Gasteiger partial charge in [0.25, 0.3) is 5.91 Å². The van der Waals surface area contributed by atoms with Crippen molar-refractivity contribution in [2.24, 2.45) is 0 Å². The second-order valence-electron chi connectivity index (χ2n) is 6.98. The molecule has 0 bridgehead atoms. The molecular formula is C25H19N3O2S. The first-order valence-corrected chi connectivity index (χ1v) is 10.1. The van der Waals surface area contributed by atoms with E-state index in [1.54, 1.807) is 24.3 Å². The first-order valence-electron chi connectivity index (χ1n) is 9.70. The molecule has 31 heavy (non-hydrogen) atoms. The van der Waals surface area contributed by atoms with Gasteiger partial charge in [0, 0.05) is 22.2 Å². The molecule has 4 rings (SSSR count). The summed E-state index contributed by atoms with van der Waals surface area (Å²) >= 11 is 5.32. The van der Waals surface area contributed by atoms with Crippen molar-refractivity contribution in [2.75, 3.05) is 5.32 Å². The van der Waals surface area contributed by atoms with Crippen LogP contribution in [0.2, 0.25) is 0 Å². The van der Waals surface area contributed by atoms with Gasteiger partial charge in [-0.3, -0.25) is 14.9 Å². The van der Waals surface area contributed by atoms with Gasteiger partial charge in [-0.05, 0) is 55.5 Å². The highest BCUT2D eigenvalue weighted by Gasteiger charge is 2.16. The number of carbonyl (C=O) groups excluding carboxylic acids is 2. The Balaban J connectivity index is 1.74. The van der Waals surface area contributed by atoms with Crippen LogP contribution >= 0.6 is 12.2 Å². The minimum absolute atomic E-state index is 0.0818. The summed E-state index contributed by atoms with van der Waals surface area (Å²) in [6, 6.07) is 25.9. The van der Waals surface area contributed by atoms with E-state index in [1.807, 2.05) is 60.7 Å². The maximum atomic E-state index is 13.2. The fourth-order valence-corrected chi connectivity index (χ4v) is 3.45. The number of hydrogen-bond donors (Lipinski definition) is 2. The summed E-state index contributed by atoms with van der Waals surface area (Å²) in [6.07, 6.45) is 0. The van der Waals surface area contributed by atoms with Gasteiger partial charge in [-0.2, -0.15) is 0 Å². The summed E-state index contributed by atoms with van der Waals surface area (Å²) in [6.45, 7) is 1.49. The van der Waals surface area contributed by atoms with Gasteiger partial charge in [0.2, 0.25) is 0 Å². The summed E-state index contributed by atoms with van der Waals surface area (Å²) in [7, 11) is 0. The standard InChI is InChI=1S/C25H19N3O2S/c1-16(29)18-12-13-22-20(14-18)21(15-23(27-22)17-8-4-2-5-9-17)24(30)28-25(31)26-19-10-6-3-7-11-19/h2-15H,1H3,(H2,26,28,30,31). The van der Waals surface area contributed by atoms with E-state index in [2.05, 4.69) is 10.6 Å². The molecule has 0 saturated heterocycles. The van der Waals surface area contributed by atoms with E-state index >= 15 is 0 Å². The third kappa shape index (κ3) is 4.65. The number of para-hydroxylation sites is 1. The fourth-order valence-electron chi connectivity index (χ4n) is 3.24. The summed E-state index contributed by atoms with van der Waals surface area (Å²) in [4.78, 5) is 29.8. The lowest BCUT2D eigenvalue weighted by atomic mass is 10.0. The third-order valence-electron chi connectivity index (χ3n) is 4.79. The van der Waals surface area contributed by atoms with E-state index < -0.39 is 0 Å². The molecule has 0 aliphatic heterocycles. The topological polar surface area (TPSA) is 71.1 Å². The Morgan fingerprint density at radius 2 is 1.55 bits per heavy atom. The number of Topliss-reactive ketones (excluding diaryl/α,β-unsaturated/α-hetero) is 1. The Hall–Kier alpha value is -3.90. The Morgan fingerprint density at radius 3 is 2.23 bits per heavy atom. The smallest absolute Gasteiger partial charge is 0.258 e. The Labute approximate surface area is 185 Å². The molecule has 0 fully saturated rings. The van der Waals surface area contributed by atoms with Gasteiger partial charge in [0.05, 0.1) is 16.8 Å². The van der Waals surface area contributed by atoms with E-state index in [-0.39, 0.29) is 16.8 Å². The minimum Gasteiger partial charge on any atom is -0.332 e. The Bertz CT molecular complexity index is 1290. The van der Waals surface area contributed by atoms with Crippen LogP contribution in [0.3, 0.4) is 0 Å². The van der Waals surface area contributed by atoms with Gasteiger partial charge >= 0.3 is 0 Å². The number of anilines is 1. The predicted octanol–water partition coefficient (Wildman–Crippen LogP) is 5.23. The van der Waals surface area contributed by atoms with Crippen LogP contribution in [-0.4, -0.2) is 21.8 Å². The number of nitrogens with zero attached hydrogens (tertiary/aromatic N) is 1. The molecule has 0 atom stereocenters. The lowest BCUT2D eigenvalue weighted by Crippen LogP contribution is -2.34. The number of rotatable bonds is 4. The number of aromatic nitrogens is 1. The maximum Gasteiger partial charge on any atom is 0.258 e. The number of benzene rings is 3. The average Bonchev–Trinajstić information content (AvgIpc) is 2.79. The van der Waals surface area contributed by atoms with Crippen LogP contribution in [0.5, 0.6) is 0 Å². The molecule has 1 aromatic heterocycles. The zero-order valence-electron chi connectivity index (χ0n) is 16.8. The van der Waals surface area contributed by atoms with Crippen LogP contribution < -0.4 is 10.6 Å². The molecule has 1 heterocycles. The highest BCUT2D eigenvalue weighted by Crippen LogP contribution is 2.26. The number of thiocarbonyl (C=S) groups is 1. The highest BCUT2D eigenvalue weighted by atomic mass is 32.1. The fraction of sp³-hybridized carbons (Fsp3) is 0.0400. The van der Waals surface area contributed by atoms with Crippen molar-refractivity contribution in [2.45, 2.75) is 6.92 Å². The molecule has 3 aromatic carbocycles. The van der Waals surface area contributed by atoms with E-state index in [0.717, 1.165) is 11.3 Å². The average molecular weight is 426 g/mol. The van der Waals surface area contributed by atoms with Crippen molar-refractivity contribution in [3.63, 3.8) is 0 Å². The van der Waals surface area contributed by atoms with Crippen molar-refractivity contribution >= 4 is 45.6 Å². The molecule has 1 amide bonds. The molecule has 2 N–H and O–H groups in total. The molecule has 0 spiro atoms. The van der Waals surface area contributed by atoms with Crippen LogP contribution in [0, 0.1) is 0 Å². The summed E-state index contributed by atoms with van der Waals surface area (Å²) in [5.74, 6) is -0.458. The normalized spacial score (nSPS) is 10.5. The molecule has 0 unspecified atom stereocenters.